The summed E-state index contributed by atoms with van der Waals surface area (Å²) in [6.07, 6.45) is 4.75. The van der Waals surface area contributed by atoms with E-state index in [1.807, 2.05) is 0 Å². The molecule has 0 radical (unpaired) electrons. The van der Waals surface area contributed by atoms with Crippen molar-refractivity contribution in [3.8, 4) is 0 Å². The maximum atomic E-state index is 13.6. The number of aliphatic hydroxyl groups is 1. The predicted octanol–water partition coefficient (Wildman–Crippen LogP) is 1.32. The molecule has 2 N–H and O–H groups in total. The molecule has 1 aromatic heterocycles. The second kappa shape index (κ2) is 3.50. The molecule has 0 amide bonds. The fourth-order valence-corrected chi connectivity index (χ4v) is 3.08. The summed E-state index contributed by atoms with van der Waals surface area (Å²) in [4.78, 5) is 3.62. The minimum Gasteiger partial charge on any atom is -0.385 e. The van der Waals surface area contributed by atoms with Crippen molar-refractivity contribution in [2.75, 3.05) is 0 Å². The molecule has 2 atom stereocenters. The Hall–Kier alpha value is -1.00. The van der Waals surface area contributed by atoms with Crippen molar-refractivity contribution in [2.24, 2.45) is 0 Å². The van der Waals surface area contributed by atoms with Gasteiger partial charge in [-0.3, -0.25) is 0 Å². The van der Waals surface area contributed by atoms with Crippen LogP contribution in [0.15, 0.2) is 18.3 Å². The van der Waals surface area contributed by atoms with E-state index in [4.69, 9.17) is 0 Å². The van der Waals surface area contributed by atoms with Gasteiger partial charge in [-0.05, 0) is 31.7 Å². The number of nitrogens with zero attached hydrogens (tertiary/aromatic N) is 1. The quantitative estimate of drug-likeness (QED) is 0.704. The molecule has 3 nitrogen and oxygen atoms in total. The van der Waals surface area contributed by atoms with E-state index in [1.54, 1.807) is 12.1 Å². The van der Waals surface area contributed by atoms with Crippen molar-refractivity contribution in [3.63, 3.8) is 0 Å². The number of hydrogen-bond acceptors (Lipinski definition) is 3. The van der Waals surface area contributed by atoms with Crippen molar-refractivity contribution in [2.45, 2.75) is 43.4 Å². The van der Waals surface area contributed by atoms with Crippen molar-refractivity contribution in [1.82, 2.24) is 10.3 Å². The molecular formula is C12H15FN2O. The summed E-state index contributed by atoms with van der Waals surface area (Å²) in [5.74, 6) is -0.536. The van der Waals surface area contributed by atoms with Gasteiger partial charge >= 0.3 is 0 Å². The minimum absolute atomic E-state index is 0.323. The third-order valence-electron chi connectivity index (χ3n) is 3.76. The molecule has 0 aromatic carbocycles. The van der Waals surface area contributed by atoms with E-state index < -0.39 is 11.5 Å². The van der Waals surface area contributed by atoms with Crippen molar-refractivity contribution in [3.05, 3.63) is 29.8 Å². The van der Waals surface area contributed by atoms with Crippen LogP contribution >= 0.6 is 0 Å². The monoisotopic (exact) mass is 222 g/mol. The lowest BCUT2D eigenvalue weighted by molar-refractivity contribution is -0.0149. The van der Waals surface area contributed by atoms with Gasteiger partial charge in [0.2, 0.25) is 5.95 Å². The molecule has 2 saturated heterocycles. The Morgan fingerprint density at radius 2 is 2.06 bits per heavy atom. The number of fused-ring (bicyclic) bond motifs is 2. The van der Waals surface area contributed by atoms with Gasteiger partial charge in [-0.15, -0.1) is 0 Å². The highest BCUT2D eigenvalue weighted by molar-refractivity contribution is 5.22. The first kappa shape index (κ1) is 10.2. The summed E-state index contributed by atoms with van der Waals surface area (Å²) in [6, 6.07) is 3.97. The first-order chi connectivity index (χ1) is 7.67. The molecule has 2 unspecified atom stereocenters. The van der Waals surface area contributed by atoms with E-state index >= 15 is 0 Å². The first-order valence-corrected chi connectivity index (χ1v) is 5.77. The predicted molar refractivity (Wildman–Crippen MR) is 57.3 cm³/mol. The van der Waals surface area contributed by atoms with Gasteiger partial charge in [0, 0.05) is 23.8 Å². The Kier molecular flexibility index (Phi) is 2.23. The van der Waals surface area contributed by atoms with E-state index in [9.17, 15) is 9.50 Å². The average Bonchev–Trinajstić information content (AvgIpc) is 2.59. The minimum atomic E-state index is -1.03. The summed E-state index contributed by atoms with van der Waals surface area (Å²) < 4.78 is 13.6. The maximum Gasteiger partial charge on any atom is 0.218 e. The van der Waals surface area contributed by atoms with Gasteiger partial charge in [-0.25, -0.2) is 4.98 Å². The molecule has 86 valence electrons. The number of halogens is 1. The smallest absolute Gasteiger partial charge is 0.218 e. The zero-order chi connectivity index (χ0) is 11.2. The second-order valence-electron chi connectivity index (χ2n) is 4.92. The molecule has 0 spiro atoms. The number of nitrogens with one attached hydrogen (secondary N) is 1. The number of rotatable bonds is 1. The van der Waals surface area contributed by atoms with E-state index in [2.05, 4.69) is 10.3 Å². The molecular weight excluding hydrogens is 207 g/mol. The Bertz CT molecular complexity index is 398. The van der Waals surface area contributed by atoms with Gasteiger partial charge in [0.25, 0.3) is 0 Å². The number of aromatic nitrogens is 1. The van der Waals surface area contributed by atoms with Gasteiger partial charge < -0.3 is 10.4 Å². The van der Waals surface area contributed by atoms with Crippen LogP contribution in [-0.4, -0.2) is 22.2 Å². The first-order valence-electron chi connectivity index (χ1n) is 5.77. The summed E-state index contributed by atoms with van der Waals surface area (Å²) in [5, 5.41) is 14.0. The summed E-state index contributed by atoms with van der Waals surface area (Å²) in [5.41, 5.74) is -0.677. The SMILES string of the molecule is OC1(c2cccnc2F)CC2CCC(C1)N2. The van der Waals surface area contributed by atoms with Crippen LogP contribution in [0.3, 0.4) is 0 Å². The molecule has 0 saturated carbocycles. The van der Waals surface area contributed by atoms with E-state index in [-0.39, 0.29) is 0 Å². The highest BCUT2D eigenvalue weighted by Crippen LogP contribution is 2.40. The van der Waals surface area contributed by atoms with Crippen LogP contribution in [0.25, 0.3) is 0 Å². The molecule has 2 aliphatic heterocycles. The summed E-state index contributed by atoms with van der Waals surface area (Å²) >= 11 is 0. The van der Waals surface area contributed by atoms with Crippen molar-refractivity contribution in [1.29, 1.82) is 0 Å². The van der Waals surface area contributed by atoms with Crippen LogP contribution in [0, 0.1) is 5.95 Å². The lowest BCUT2D eigenvalue weighted by atomic mass is 9.82. The van der Waals surface area contributed by atoms with Crippen LogP contribution in [0.5, 0.6) is 0 Å². The lowest BCUT2D eigenvalue weighted by Crippen LogP contribution is -2.47. The van der Waals surface area contributed by atoms with Crippen LogP contribution in [0.1, 0.15) is 31.2 Å². The fraction of sp³-hybridized carbons (Fsp3) is 0.583. The third-order valence-corrected chi connectivity index (χ3v) is 3.76. The molecule has 2 fully saturated rings. The molecule has 16 heavy (non-hydrogen) atoms. The molecule has 4 heteroatoms. The Morgan fingerprint density at radius 3 is 2.69 bits per heavy atom. The number of hydrogen-bond donors (Lipinski definition) is 2. The van der Waals surface area contributed by atoms with E-state index in [1.165, 1.54) is 6.20 Å². The van der Waals surface area contributed by atoms with Crippen molar-refractivity contribution < 1.29 is 9.50 Å². The van der Waals surface area contributed by atoms with Gasteiger partial charge in [-0.1, -0.05) is 6.07 Å². The third kappa shape index (κ3) is 1.53. The number of piperidine rings is 1. The molecule has 3 rings (SSSR count). The van der Waals surface area contributed by atoms with Crippen LogP contribution in [0.2, 0.25) is 0 Å². The largest absolute Gasteiger partial charge is 0.385 e. The normalized spacial score (nSPS) is 37.6. The van der Waals surface area contributed by atoms with E-state index in [0.717, 1.165) is 12.8 Å². The highest BCUT2D eigenvalue weighted by atomic mass is 19.1. The second-order valence-corrected chi connectivity index (χ2v) is 4.92. The number of pyridine rings is 1. The Labute approximate surface area is 93.7 Å². The average molecular weight is 222 g/mol. The van der Waals surface area contributed by atoms with Crippen LogP contribution in [-0.2, 0) is 5.60 Å². The van der Waals surface area contributed by atoms with Crippen molar-refractivity contribution >= 4 is 0 Å². The fourth-order valence-electron chi connectivity index (χ4n) is 3.08. The standard InChI is InChI=1S/C12H15FN2O/c13-11-10(2-1-5-14-11)12(16)6-8-3-4-9(7-12)15-8/h1-2,5,8-9,15-16H,3-4,6-7H2. The topological polar surface area (TPSA) is 45.2 Å². The summed E-state index contributed by atoms with van der Waals surface area (Å²) in [7, 11) is 0. The van der Waals surface area contributed by atoms with E-state index in [0.29, 0.717) is 30.5 Å². The van der Waals surface area contributed by atoms with Crippen LogP contribution < -0.4 is 5.32 Å². The van der Waals surface area contributed by atoms with Gasteiger partial charge in [-0.2, -0.15) is 4.39 Å². The zero-order valence-corrected chi connectivity index (χ0v) is 8.99. The van der Waals surface area contributed by atoms with Gasteiger partial charge in [0.15, 0.2) is 0 Å². The molecule has 2 aliphatic rings. The maximum absolute atomic E-state index is 13.6. The zero-order valence-electron chi connectivity index (χ0n) is 8.99. The molecule has 0 aliphatic carbocycles. The highest BCUT2D eigenvalue weighted by Gasteiger charge is 2.44. The van der Waals surface area contributed by atoms with Crippen LogP contribution in [0.4, 0.5) is 4.39 Å². The Balaban J connectivity index is 1.96. The van der Waals surface area contributed by atoms with Gasteiger partial charge in [0.05, 0.1) is 5.60 Å². The molecule has 2 bridgehead atoms. The molecule has 3 heterocycles. The Morgan fingerprint density at radius 1 is 1.38 bits per heavy atom. The molecule has 1 aromatic rings. The lowest BCUT2D eigenvalue weighted by Gasteiger charge is -2.37. The summed E-state index contributed by atoms with van der Waals surface area (Å²) in [6.45, 7) is 0. The van der Waals surface area contributed by atoms with Gasteiger partial charge in [0.1, 0.15) is 0 Å².